The molecule has 0 saturated carbocycles. The Morgan fingerprint density at radius 1 is 0.919 bits per heavy atom. The molecule has 7 nitrogen and oxygen atoms in total. The van der Waals surface area contributed by atoms with Crippen molar-refractivity contribution in [1.82, 2.24) is 14.5 Å². The molecule has 1 atom stereocenters. The lowest BCUT2D eigenvalue weighted by Crippen LogP contribution is -2.53. The van der Waals surface area contributed by atoms with E-state index in [0.29, 0.717) is 25.9 Å². The highest BCUT2D eigenvalue weighted by molar-refractivity contribution is 7.89. The summed E-state index contributed by atoms with van der Waals surface area (Å²) >= 11 is 0. The van der Waals surface area contributed by atoms with Crippen LogP contribution in [0, 0.1) is 5.92 Å². The minimum atomic E-state index is -3.91. The first-order chi connectivity index (χ1) is 17.6. The molecule has 0 unspecified atom stereocenters. The highest BCUT2D eigenvalue weighted by Gasteiger charge is 2.31. The molecule has 0 bridgehead atoms. The van der Waals surface area contributed by atoms with Crippen molar-refractivity contribution in [1.29, 1.82) is 0 Å². The van der Waals surface area contributed by atoms with Gasteiger partial charge in [-0.2, -0.15) is 4.31 Å². The molecular weight excluding hydrogens is 486 g/mol. The molecular formula is C29H37N3O4S. The van der Waals surface area contributed by atoms with Crippen molar-refractivity contribution in [2.75, 3.05) is 26.7 Å². The van der Waals surface area contributed by atoms with Crippen molar-refractivity contribution in [3.8, 4) is 0 Å². The van der Waals surface area contributed by atoms with Crippen LogP contribution in [0.25, 0.3) is 10.8 Å². The fourth-order valence-corrected chi connectivity index (χ4v) is 5.35. The fraction of sp³-hybridized carbons (Fsp3) is 0.379. The van der Waals surface area contributed by atoms with Crippen LogP contribution < -0.4 is 5.32 Å². The Kier molecular flexibility index (Phi) is 9.83. The molecule has 2 amide bonds. The van der Waals surface area contributed by atoms with E-state index in [1.807, 2.05) is 75.4 Å². The predicted octanol–water partition coefficient (Wildman–Crippen LogP) is 4.08. The van der Waals surface area contributed by atoms with Gasteiger partial charge in [-0.3, -0.25) is 9.59 Å². The standard InChI is InChI=1S/C29H37N3O4S/c1-5-27(29(34)30-20-22(2)3)32(18-17-23-11-7-6-8-12-23)28(33)21-31(4)37(35,36)26-16-15-24-13-9-10-14-25(24)19-26/h6-16,19,22,27H,5,17-18,20-21H2,1-4H3,(H,30,34)/t27-/m1/s1. The highest BCUT2D eigenvalue weighted by Crippen LogP contribution is 2.21. The molecule has 1 N–H and O–H groups in total. The number of nitrogens with zero attached hydrogens (tertiary/aromatic N) is 2. The van der Waals surface area contributed by atoms with Gasteiger partial charge < -0.3 is 10.2 Å². The molecule has 3 rings (SSSR count). The topological polar surface area (TPSA) is 86.8 Å². The molecule has 0 saturated heterocycles. The zero-order valence-corrected chi connectivity index (χ0v) is 22.9. The van der Waals surface area contributed by atoms with E-state index in [4.69, 9.17) is 0 Å². The molecule has 0 aliphatic rings. The Hall–Kier alpha value is -3.23. The molecule has 3 aromatic carbocycles. The molecule has 0 heterocycles. The van der Waals surface area contributed by atoms with Gasteiger partial charge in [-0.1, -0.05) is 81.4 Å². The Morgan fingerprint density at radius 2 is 1.57 bits per heavy atom. The van der Waals surface area contributed by atoms with Crippen molar-refractivity contribution in [2.45, 2.75) is 44.6 Å². The molecule has 0 aliphatic carbocycles. The zero-order chi connectivity index (χ0) is 27.0. The van der Waals surface area contributed by atoms with Crippen molar-refractivity contribution in [2.24, 2.45) is 5.92 Å². The van der Waals surface area contributed by atoms with Gasteiger partial charge in [0.1, 0.15) is 6.04 Å². The smallest absolute Gasteiger partial charge is 0.243 e. The summed E-state index contributed by atoms with van der Waals surface area (Å²) < 4.78 is 27.7. The summed E-state index contributed by atoms with van der Waals surface area (Å²) in [7, 11) is -2.51. The van der Waals surface area contributed by atoms with Gasteiger partial charge in [0, 0.05) is 20.1 Å². The second-order valence-electron chi connectivity index (χ2n) is 9.66. The SMILES string of the molecule is CC[C@H](C(=O)NCC(C)C)N(CCc1ccccc1)C(=O)CN(C)S(=O)(=O)c1ccc2ccccc2c1. The van der Waals surface area contributed by atoms with Crippen LogP contribution in [0.2, 0.25) is 0 Å². The quantitative estimate of drug-likeness (QED) is 0.388. The van der Waals surface area contributed by atoms with Crippen LogP contribution in [0.5, 0.6) is 0 Å². The van der Waals surface area contributed by atoms with Crippen LogP contribution in [0.15, 0.2) is 77.7 Å². The first-order valence-corrected chi connectivity index (χ1v) is 14.1. The second-order valence-corrected chi connectivity index (χ2v) is 11.7. The number of hydrogen-bond donors (Lipinski definition) is 1. The van der Waals surface area contributed by atoms with Crippen molar-refractivity contribution in [3.63, 3.8) is 0 Å². The minimum Gasteiger partial charge on any atom is -0.354 e. The first-order valence-electron chi connectivity index (χ1n) is 12.7. The van der Waals surface area contributed by atoms with Crippen LogP contribution in [0.4, 0.5) is 0 Å². The van der Waals surface area contributed by atoms with Crippen LogP contribution in [-0.4, -0.2) is 62.2 Å². The molecule has 0 radical (unpaired) electrons. The van der Waals surface area contributed by atoms with Gasteiger partial charge in [0.05, 0.1) is 11.4 Å². The number of carbonyl (C=O) groups excluding carboxylic acids is 2. The number of sulfonamides is 1. The maximum atomic E-state index is 13.5. The average molecular weight is 524 g/mol. The molecule has 198 valence electrons. The van der Waals surface area contributed by atoms with Crippen molar-refractivity contribution >= 4 is 32.6 Å². The molecule has 8 heteroatoms. The number of amides is 2. The number of benzene rings is 3. The Labute approximate surface area is 220 Å². The summed E-state index contributed by atoms with van der Waals surface area (Å²) in [6.45, 7) is 6.32. The number of hydrogen-bond acceptors (Lipinski definition) is 4. The maximum Gasteiger partial charge on any atom is 0.243 e. The van der Waals surface area contributed by atoms with E-state index in [1.165, 1.54) is 11.9 Å². The van der Waals surface area contributed by atoms with E-state index in [9.17, 15) is 18.0 Å². The van der Waals surface area contributed by atoms with E-state index in [-0.39, 0.29) is 23.3 Å². The zero-order valence-electron chi connectivity index (χ0n) is 22.1. The van der Waals surface area contributed by atoms with Gasteiger partial charge in [-0.25, -0.2) is 8.42 Å². The largest absolute Gasteiger partial charge is 0.354 e. The van der Waals surface area contributed by atoms with Crippen LogP contribution >= 0.6 is 0 Å². The van der Waals surface area contributed by atoms with Gasteiger partial charge in [-0.05, 0) is 47.2 Å². The van der Waals surface area contributed by atoms with Gasteiger partial charge >= 0.3 is 0 Å². The van der Waals surface area contributed by atoms with E-state index in [2.05, 4.69) is 5.32 Å². The minimum absolute atomic E-state index is 0.124. The van der Waals surface area contributed by atoms with Crippen LogP contribution in [-0.2, 0) is 26.0 Å². The maximum absolute atomic E-state index is 13.5. The van der Waals surface area contributed by atoms with Gasteiger partial charge in [0.25, 0.3) is 0 Å². The van der Waals surface area contributed by atoms with Crippen LogP contribution in [0.1, 0.15) is 32.8 Å². The molecule has 0 aliphatic heterocycles. The lowest BCUT2D eigenvalue weighted by atomic mass is 10.1. The number of fused-ring (bicyclic) bond motifs is 1. The van der Waals surface area contributed by atoms with Gasteiger partial charge in [0.15, 0.2) is 0 Å². The van der Waals surface area contributed by atoms with E-state index in [0.717, 1.165) is 20.6 Å². The van der Waals surface area contributed by atoms with E-state index in [1.54, 1.807) is 18.2 Å². The summed E-state index contributed by atoms with van der Waals surface area (Å²) in [6.07, 6.45) is 0.979. The Bertz CT molecular complexity index is 1310. The van der Waals surface area contributed by atoms with E-state index < -0.39 is 22.0 Å². The summed E-state index contributed by atoms with van der Waals surface area (Å²) in [4.78, 5) is 28.2. The highest BCUT2D eigenvalue weighted by atomic mass is 32.2. The molecule has 0 fully saturated rings. The monoisotopic (exact) mass is 523 g/mol. The number of nitrogens with one attached hydrogen (secondary N) is 1. The first kappa shape index (κ1) is 28.3. The lowest BCUT2D eigenvalue weighted by Gasteiger charge is -2.32. The summed E-state index contributed by atoms with van der Waals surface area (Å²) in [5, 5.41) is 4.67. The third kappa shape index (κ3) is 7.40. The summed E-state index contributed by atoms with van der Waals surface area (Å²) in [5.41, 5.74) is 1.04. The van der Waals surface area contributed by atoms with Crippen molar-refractivity contribution < 1.29 is 18.0 Å². The normalized spacial score (nSPS) is 12.6. The third-order valence-corrected chi connectivity index (χ3v) is 8.14. The number of carbonyl (C=O) groups is 2. The molecule has 0 aromatic heterocycles. The molecule has 37 heavy (non-hydrogen) atoms. The number of rotatable bonds is 12. The third-order valence-electron chi connectivity index (χ3n) is 6.34. The Balaban J connectivity index is 1.82. The number of likely N-dealkylation sites (N-methyl/N-ethyl adjacent to an activating group) is 1. The van der Waals surface area contributed by atoms with E-state index >= 15 is 0 Å². The summed E-state index contributed by atoms with van der Waals surface area (Å²) in [6, 6.07) is 21.5. The fourth-order valence-electron chi connectivity index (χ4n) is 4.19. The van der Waals surface area contributed by atoms with Gasteiger partial charge in [-0.15, -0.1) is 0 Å². The van der Waals surface area contributed by atoms with Crippen LogP contribution in [0.3, 0.4) is 0 Å². The Morgan fingerprint density at radius 3 is 2.22 bits per heavy atom. The van der Waals surface area contributed by atoms with Gasteiger partial charge in [0.2, 0.25) is 21.8 Å². The average Bonchev–Trinajstić information content (AvgIpc) is 2.89. The molecule has 3 aromatic rings. The predicted molar refractivity (Wildman–Crippen MR) is 148 cm³/mol. The summed E-state index contributed by atoms with van der Waals surface area (Å²) in [5.74, 6) is -0.361. The lowest BCUT2D eigenvalue weighted by molar-refractivity contribution is -0.140. The van der Waals surface area contributed by atoms with Crippen molar-refractivity contribution in [3.05, 3.63) is 78.4 Å². The second kappa shape index (κ2) is 12.8. The molecule has 0 spiro atoms.